The van der Waals surface area contributed by atoms with E-state index in [-0.39, 0.29) is 24.4 Å². The average Bonchev–Trinajstić information content (AvgIpc) is 3.30. The van der Waals surface area contributed by atoms with Crippen LogP contribution >= 0.6 is 11.3 Å². The lowest BCUT2D eigenvalue weighted by Crippen LogP contribution is -2.32. The first-order valence-corrected chi connectivity index (χ1v) is 9.46. The molecule has 2 aromatic rings. The normalized spacial score (nSPS) is 24.8. The number of thiazole rings is 1. The van der Waals surface area contributed by atoms with Crippen LogP contribution in [0, 0.1) is 0 Å². The molecule has 1 aromatic heterocycles. The van der Waals surface area contributed by atoms with Crippen LogP contribution in [0.5, 0.6) is 10.9 Å². The average molecular weight is 379 g/mol. The van der Waals surface area contributed by atoms with Crippen molar-refractivity contribution >= 4 is 27.5 Å². The molecular formula is C18H21NO6S. The van der Waals surface area contributed by atoms with E-state index in [1.165, 1.54) is 18.4 Å². The third kappa shape index (κ3) is 3.24. The summed E-state index contributed by atoms with van der Waals surface area (Å²) in [6.07, 6.45) is 0.754. The Kier molecular flexibility index (Phi) is 4.73. The molecule has 8 heteroatoms. The lowest BCUT2D eigenvalue weighted by Gasteiger charge is -2.15. The second kappa shape index (κ2) is 7.02. The molecule has 2 aliphatic heterocycles. The molecule has 3 atom stereocenters. The fraction of sp³-hybridized carbons (Fsp3) is 0.556. The van der Waals surface area contributed by atoms with Gasteiger partial charge < -0.3 is 23.7 Å². The maximum Gasteiger partial charge on any atom is 0.338 e. The van der Waals surface area contributed by atoms with Crippen LogP contribution in [0.4, 0.5) is 0 Å². The van der Waals surface area contributed by atoms with E-state index < -0.39 is 5.97 Å². The maximum absolute atomic E-state index is 11.9. The Morgan fingerprint density at radius 1 is 1.35 bits per heavy atom. The summed E-state index contributed by atoms with van der Waals surface area (Å²) in [7, 11) is 1.36. The van der Waals surface area contributed by atoms with Gasteiger partial charge in [-0.05, 0) is 32.4 Å². The molecule has 0 radical (unpaired) electrons. The number of aromatic nitrogens is 1. The number of carbonyl (C=O) groups is 1. The highest BCUT2D eigenvalue weighted by Gasteiger charge is 2.43. The van der Waals surface area contributed by atoms with Crippen molar-refractivity contribution in [3.63, 3.8) is 0 Å². The molecule has 2 fully saturated rings. The Morgan fingerprint density at radius 3 is 2.96 bits per heavy atom. The van der Waals surface area contributed by atoms with Gasteiger partial charge in [-0.15, -0.1) is 0 Å². The Morgan fingerprint density at radius 2 is 2.19 bits per heavy atom. The van der Waals surface area contributed by atoms with Crippen LogP contribution in [0.15, 0.2) is 12.1 Å². The fourth-order valence-corrected chi connectivity index (χ4v) is 4.19. The summed E-state index contributed by atoms with van der Waals surface area (Å²) in [5, 5.41) is 0.514. The largest absolute Gasteiger partial charge is 0.489 e. The quantitative estimate of drug-likeness (QED) is 0.740. The van der Waals surface area contributed by atoms with E-state index >= 15 is 0 Å². The highest BCUT2D eigenvalue weighted by Crippen LogP contribution is 2.37. The van der Waals surface area contributed by atoms with Gasteiger partial charge in [0.05, 0.1) is 36.2 Å². The topological polar surface area (TPSA) is 76.1 Å². The van der Waals surface area contributed by atoms with E-state index in [1.807, 2.05) is 13.8 Å². The molecule has 2 aliphatic rings. The van der Waals surface area contributed by atoms with E-state index in [9.17, 15) is 4.79 Å². The molecule has 0 N–H and O–H groups in total. The third-order valence-electron chi connectivity index (χ3n) is 4.40. The number of ether oxygens (including phenoxy) is 5. The van der Waals surface area contributed by atoms with Gasteiger partial charge in [-0.3, -0.25) is 0 Å². The number of carbonyl (C=O) groups excluding carboxylic acids is 1. The zero-order chi connectivity index (χ0) is 18.3. The summed E-state index contributed by atoms with van der Waals surface area (Å²) in [6, 6.07) is 3.41. The van der Waals surface area contributed by atoms with Gasteiger partial charge in [-0.2, -0.15) is 4.98 Å². The Bertz CT molecular complexity index is 819. The number of benzene rings is 1. The van der Waals surface area contributed by atoms with Gasteiger partial charge in [-0.25, -0.2) is 4.79 Å². The second-order valence-electron chi connectivity index (χ2n) is 6.61. The van der Waals surface area contributed by atoms with E-state index in [1.54, 1.807) is 12.1 Å². The third-order valence-corrected chi connectivity index (χ3v) is 5.29. The molecule has 0 aliphatic carbocycles. The standard InChI is InChI=1S/C18H21NO6S/c1-9(2)24-12-6-10(17(20)21-3)7-14-15(12)19-18(26-14)25-13-8-23-11-4-5-22-16(11)13/h6-7,9,11,13,16H,4-5,8H2,1-3H3/t11-,13?,16+/m1/s1. The number of nitrogens with zero attached hydrogens (tertiary/aromatic N) is 1. The molecule has 7 nitrogen and oxygen atoms in total. The van der Waals surface area contributed by atoms with Crippen molar-refractivity contribution < 1.29 is 28.5 Å². The van der Waals surface area contributed by atoms with Gasteiger partial charge in [0.1, 0.15) is 17.4 Å². The number of hydrogen-bond acceptors (Lipinski definition) is 8. The van der Waals surface area contributed by atoms with Crippen molar-refractivity contribution in [3.8, 4) is 10.9 Å². The smallest absolute Gasteiger partial charge is 0.338 e. The Hall–Kier alpha value is -1.90. The number of esters is 1. The van der Waals surface area contributed by atoms with Gasteiger partial charge in [0.2, 0.25) is 0 Å². The van der Waals surface area contributed by atoms with Gasteiger partial charge in [0.15, 0.2) is 6.10 Å². The lowest BCUT2D eigenvalue weighted by atomic mass is 10.1. The maximum atomic E-state index is 11.9. The second-order valence-corrected chi connectivity index (χ2v) is 7.60. The highest BCUT2D eigenvalue weighted by molar-refractivity contribution is 7.20. The van der Waals surface area contributed by atoms with Crippen molar-refractivity contribution in [2.45, 2.75) is 44.7 Å². The number of hydrogen-bond donors (Lipinski definition) is 0. The van der Waals surface area contributed by atoms with Crippen LogP contribution in [0.25, 0.3) is 10.2 Å². The van der Waals surface area contributed by atoms with Crippen LogP contribution in [0.2, 0.25) is 0 Å². The van der Waals surface area contributed by atoms with Gasteiger partial charge in [-0.1, -0.05) is 11.3 Å². The minimum Gasteiger partial charge on any atom is -0.489 e. The van der Waals surface area contributed by atoms with Crippen LogP contribution in [-0.4, -0.2) is 55.7 Å². The van der Waals surface area contributed by atoms with E-state index in [2.05, 4.69) is 4.98 Å². The summed E-state index contributed by atoms with van der Waals surface area (Å²) >= 11 is 1.37. The first-order chi connectivity index (χ1) is 12.5. The molecule has 3 heterocycles. The molecule has 1 unspecified atom stereocenters. The fourth-order valence-electron chi connectivity index (χ4n) is 3.27. The molecule has 0 amide bonds. The van der Waals surface area contributed by atoms with Crippen LogP contribution in [0.1, 0.15) is 30.6 Å². The predicted molar refractivity (Wildman–Crippen MR) is 95.2 cm³/mol. The first kappa shape index (κ1) is 17.5. The molecule has 0 spiro atoms. The Balaban J connectivity index is 1.65. The van der Waals surface area contributed by atoms with E-state index in [4.69, 9.17) is 23.7 Å². The monoisotopic (exact) mass is 379 g/mol. The zero-order valence-electron chi connectivity index (χ0n) is 14.9. The molecule has 0 saturated carbocycles. The van der Waals surface area contributed by atoms with Crippen molar-refractivity contribution in [1.82, 2.24) is 4.98 Å². The highest BCUT2D eigenvalue weighted by atomic mass is 32.1. The molecular weight excluding hydrogens is 358 g/mol. The van der Waals surface area contributed by atoms with Crippen LogP contribution < -0.4 is 9.47 Å². The number of fused-ring (bicyclic) bond motifs is 2. The molecule has 4 rings (SSSR count). The first-order valence-electron chi connectivity index (χ1n) is 8.64. The van der Waals surface area contributed by atoms with Crippen molar-refractivity contribution in [2.24, 2.45) is 0 Å². The van der Waals surface area contributed by atoms with Gasteiger partial charge in [0.25, 0.3) is 5.19 Å². The molecule has 1 aromatic carbocycles. The summed E-state index contributed by atoms with van der Waals surface area (Å²) < 4.78 is 29.0. The minimum absolute atomic E-state index is 0.0426. The van der Waals surface area contributed by atoms with Gasteiger partial charge in [0, 0.05) is 6.61 Å². The number of rotatable bonds is 5. The summed E-state index contributed by atoms with van der Waals surface area (Å²) in [5.41, 5.74) is 1.10. The van der Waals surface area contributed by atoms with Gasteiger partial charge >= 0.3 is 5.97 Å². The lowest BCUT2D eigenvalue weighted by molar-refractivity contribution is 0.0308. The SMILES string of the molecule is COC(=O)c1cc(OC(C)C)c2nc(OC3CO[C@@H]4CCO[C@H]34)sc2c1. The molecule has 0 bridgehead atoms. The van der Waals surface area contributed by atoms with Crippen molar-refractivity contribution in [3.05, 3.63) is 17.7 Å². The summed E-state index contributed by atoms with van der Waals surface area (Å²) in [6.45, 7) is 5.04. The van der Waals surface area contributed by atoms with E-state index in [0.29, 0.717) is 35.2 Å². The molecule has 26 heavy (non-hydrogen) atoms. The summed E-state index contributed by atoms with van der Waals surface area (Å²) in [5.74, 6) is 0.129. The van der Waals surface area contributed by atoms with Crippen molar-refractivity contribution in [2.75, 3.05) is 20.3 Å². The zero-order valence-corrected chi connectivity index (χ0v) is 15.7. The predicted octanol–water partition coefficient (Wildman–Crippen LogP) is 2.81. The molecule has 140 valence electrons. The van der Waals surface area contributed by atoms with Crippen LogP contribution in [-0.2, 0) is 14.2 Å². The summed E-state index contributed by atoms with van der Waals surface area (Å²) in [4.78, 5) is 16.5. The Labute approximate surface area is 155 Å². The number of methoxy groups -OCH3 is 1. The van der Waals surface area contributed by atoms with Crippen LogP contribution in [0.3, 0.4) is 0 Å². The van der Waals surface area contributed by atoms with Crippen molar-refractivity contribution in [1.29, 1.82) is 0 Å². The molecule has 2 saturated heterocycles. The minimum atomic E-state index is -0.414. The van der Waals surface area contributed by atoms with E-state index in [0.717, 1.165) is 11.1 Å².